The second kappa shape index (κ2) is 5.35. The third kappa shape index (κ3) is 2.52. The van der Waals surface area contributed by atoms with Gasteiger partial charge in [-0.15, -0.1) is 0 Å². The molecule has 0 spiro atoms. The molecule has 0 aliphatic carbocycles. The number of benzene rings is 2. The van der Waals surface area contributed by atoms with Crippen LogP contribution in [0.1, 0.15) is 38.8 Å². The summed E-state index contributed by atoms with van der Waals surface area (Å²) in [7, 11) is 0. The molecule has 6 heteroatoms. The maximum Gasteiger partial charge on any atom is 0.205 e. The Bertz CT molecular complexity index is 1340. The van der Waals surface area contributed by atoms with Crippen LogP contribution in [-0.4, -0.2) is 21.4 Å². The molecule has 0 atom stereocenters. The van der Waals surface area contributed by atoms with Crippen molar-refractivity contribution >= 4 is 34.1 Å². The summed E-state index contributed by atoms with van der Waals surface area (Å²) in [6.45, 7) is 7.49. The number of hydrogen-bond donors (Lipinski definition) is 2. The van der Waals surface area contributed by atoms with Crippen LogP contribution in [0.5, 0.6) is 23.0 Å². The van der Waals surface area contributed by atoms with E-state index >= 15 is 0 Å². The first-order chi connectivity index (χ1) is 13.6. The van der Waals surface area contributed by atoms with E-state index in [0.29, 0.717) is 16.9 Å². The largest absolute Gasteiger partial charge is 0.506 e. The highest BCUT2D eigenvalue weighted by Crippen LogP contribution is 2.45. The van der Waals surface area contributed by atoms with Gasteiger partial charge in [-0.2, -0.15) is 0 Å². The summed E-state index contributed by atoms with van der Waals surface area (Å²) in [5, 5.41) is 21.6. The molecule has 2 aromatic carbocycles. The molecule has 0 unspecified atom stereocenters. The molecule has 0 saturated carbocycles. The van der Waals surface area contributed by atoms with Crippen molar-refractivity contribution in [1.82, 2.24) is 0 Å². The Morgan fingerprint density at radius 1 is 0.828 bits per heavy atom. The van der Waals surface area contributed by atoms with Crippen molar-refractivity contribution in [1.29, 1.82) is 0 Å². The highest BCUT2D eigenvalue weighted by Gasteiger charge is 2.30. The van der Waals surface area contributed by atoms with Crippen LogP contribution in [0.4, 0.5) is 0 Å². The lowest BCUT2D eigenvalue weighted by molar-refractivity contribution is 0.153. The fraction of sp³-hybridized carbons (Fsp3) is 0.261. The second-order valence-electron chi connectivity index (χ2n) is 8.53. The normalized spacial score (nSPS) is 18.2. The van der Waals surface area contributed by atoms with E-state index in [1.54, 1.807) is 18.2 Å². The van der Waals surface area contributed by atoms with E-state index in [4.69, 9.17) is 13.9 Å². The van der Waals surface area contributed by atoms with E-state index in [9.17, 15) is 15.0 Å². The van der Waals surface area contributed by atoms with Crippen molar-refractivity contribution in [2.45, 2.75) is 38.9 Å². The molecule has 3 heterocycles. The topological polar surface area (TPSA) is 89.1 Å². The molecule has 2 aliphatic rings. The van der Waals surface area contributed by atoms with Gasteiger partial charge in [0.25, 0.3) is 0 Å². The molecule has 2 aliphatic heterocycles. The van der Waals surface area contributed by atoms with Crippen LogP contribution in [0.25, 0.3) is 34.1 Å². The number of phenols is 2. The number of ether oxygens (including phenoxy) is 2. The fourth-order valence-electron chi connectivity index (χ4n) is 3.84. The standard InChI is InChI=1S/C23H20O6/c1-22(2)7-5-11-14(28-22)10-16-18(19(11)25)20(26)17-12-6-8-23(3,4)29-21(12)13(24)9-15(17)27-16/h5-10,24-25H,1-4H3. The minimum absolute atomic E-state index is 0.0651. The first-order valence-corrected chi connectivity index (χ1v) is 9.35. The van der Waals surface area contributed by atoms with E-state index in [0.717, 1.165) is 0 Å². The van der Waals surface area contributed by atoms with Gasteiger partial charge in [-0.1, -0.05) is 6.08 Å². The molecule has 148 valence electrons. The van der Waals surface area contributed by atoms with Gasteiger partial charge in [-0.3, -0.25) is 4.79 Å². The molecular weight excluding hydrogens is 372 g/mol. The summed E-state index contributed by atoms with van der Waals surface area (Å²) in [6, 6.07) is 2.97. The van der Waals surface area contributed by atoms with E-state index in [1.165, 1.54) is 6.07 Å². The average molecular weight is 392 g/mol. The third-order valence-corrected chi connectivity index (χ3v) is 5.24. The van der Waals surface area contributed by atoms with Crippen LogP contribution in [0.3, 0.4) is 0 Å². The van der Waals surface area contributed by atoms with Gasteiger partial charge in [0.05, 0.1) is 10.9 Å². The molecule has 29 heavy (non-hydrogen) atoms. The van der Waals surface area contributed by atoms with Gasteiger partial charge in [0, 0.05) is 17.7 Å². The predicted octanol–water partition coefficient (Wildman–Crippen LogP) is 4.73. The Kier molecular flexibility index (Phi) is 3.26. The number of aromatic hydroxyl groups is 2. The predicted molar refractivity (Wildman–Crippen MR) is 111 cm³/mol. The third-order valence-electron chi connectivity index (χ3n) is 5.24. The molecule has 3 aromatic rings. The summed E-state index contributed by atoms with van der Waals surface area (Å²) >= 11 is 0. The molecule has 5 rings (SSSR count). The molecule has 0 radical (unpaired) electrons. The highest BCUT2D eigenvalue weighted by atomic mass is 16.5. The van der Waals surface area contributed by atoms with E-state index < -0.39 is 16.6 Å². The molecular formula is C23H20O6. The first-order valence-electron chi connectivity index (χ1n) is 9.35. The Hall–Kier alpha value is -3.41. The summed E-state index contributed by atoms with van der Waals surface area (Å²) in [5.41, 5.74) is -0.308. The monoisotopic (exact) mass is 392 g/mol. The first kappa shape index (κ1) is 17.7. The molecule has 0 bridgehead atoms. The van der Waals surface area contributed by atoms with Gasteiger partial charge in [0.15, 0.2) is 11.5 Å². The summed E-state index contributed by atoms with van der Waals surface area (Å²) in [6.07, 6.45) is 7.12. The Morgan fingerprint density at radius 2 is 1.45 bits per heavy atom. The lowest BCUT2D eigenvalue weighted by atomic mass is 9.96. The number of phenolic OH excluding ortho intramolecular Hbond substituents is 2. The number of rotatable bonds is 0. The summed E-state index contributed by atoms with van der Waals surface area (Å²) in [5.74, 6) is 0.342. The second-order valence-corrected chi connectivity index (χ2v) is 8.53. The van der Waals surface area contributed by atoms with Crippen molar-refractivity contribution in [3.8, 4) is 23.0 Å². The Morgan fingerprint density at radius 3 is 2.17 bits per heavy atom. The van der Waals surface area contributed by atoms with Crippen molar-refractivity contribution < 1.29 is 24.1 Å². The zero-order valence-corrected chi connectivity index (χ0v) is 16.5. The summed E-state index contributed by atoms with van der Waals surface area (Å²) in [4.78, 5) is 13.4. The van der Waals surface area contributed by atoms with Crippen LogP contribution >= 0.6 is 0 Å². The van der Waals surface area contributed by atoms with E-state index in [2.05, 4.69) is 0 Å². The lowest BCUT2D eigenvalue weighted by Gasteiger charge is -2.29. The quantitative estimate of drug-likeness (QED) is 0.538. The Labute approximate surface area is 166 Å². The van der Waals surface area contributed by atoms with Crippen LogP contribution in [0, 0.1) is 0 Å². The molecule has 0 saturated heterocycles. The fourth-order valence-corrected chi connectivity index (χ4v) is 3.84. The molecule has 1 aromatic heterocycles. The minimum Gasteiger partial charge on any atom is -0.506 e. The zero-order valence-electron chi connectivity index (χ0n) is 16.5. The maximum atomic E-state index is 13.4. The lowest BCUT2D eigenvalue weighted by Crippen LogP contribution is -2.28. The minimum atomic E-state index is -0.620. The molecule has 0 amide bonds. The molecule has 0 fully saturated rings. The molecule has 6 nitrogen and oxygen atoms in total. The van der Waals surface area contributed by atoms with Crippen LogP contribution in [0.15, 0.2) is 33.5 Å². The van der Waals surface area contributed by atoms with Crippen molar-refractivity contribution in [3.63, 3.8) is 0 Å². The van der Waals surface area contributed by atoms with E-state index in [1.807, 2.05) is 39.8 Å². The molecule has 2 N–H and O–H groups in total. The van der Waals surface area contributed by atoms with Gasteiger partial charge in [0.1, 0.15) is 39.3 Å². The highest BCUT2D eigenvalue weighted by molar-refractivity contribution is 6.01. The van der Waals surface area contributed by atoms with Crippen LogP contribution in [-0.2, 0) is 0 Å². The summed E-state index contributed by atoms with van der Waals surface area (Å²) < 4.78 is 17.7. The van der Waals surface area contributed by atoms with Crippen molar-refractivity contribution in [2.75, 3.05) is 0 Å². The zero-order chi connectivity index (χ0) is 20.7. The van der Waals surface area contributed by atoms with Crippen molar-refractivity contribution in [2.24, 2.45) is 0 Å². The van der Waals surface area contributed by atoms with Crippen LogP contribution < -0.4 is 14.9 Å². The van der Waals surface area contributed by atoms with Crippen molar-refractivity contribution in [3.05, 3.63) is 45.6 Å². The number of fused-ring (bicyclic) bond motifs is 5. The number of hydrogen-bond acceptors (Lipinski definition) is 6. The van der Waals surface area contributed by atoms with Gasteiger partial charge >= 0.3 is 0 Å². The maximum absolute atomic E-state index is 13.4. The van der Waals surface area contributed by atoms with Gasteiger partial charge in [0.2, 0.25) is 5.43 Å². The van der Waals surface area contributed by atoms with Gasteiger partial charge in [-0.25, -0.2) is 0 Å². The smallest absolute Gasteiger partial charge is 0.205 e. The Balaban J connectivity index is 1.89. The van der Waals surface area contributed by atoms with E-state index in [-0.39, 0.29) is 39.2 Å². The van der Waals surface area contributed by atoms with Crippen LogP contribution in [0.2, 0.25) is 0 Å². The van der Waals surface area contributed by atoms with Gasteiger partial charge in [-0.05, 0) is 45.9 Å². The SMILES string of the molecule is CC1(C)C=Cc2c(cc3oc4cc(O)c5c(c4c(=O)c3c2O)C=CC(C)(C)O5)O1. The van der Waals surface area contributed by atoms with Gasteiger partial charge < -0.3 is 24.1 Å². The average Bonchev–Trinajstić information content (AvgIpc) is 2.60.